The maximum atomic E-state index is 12.2. The van der Waals surface area contributed by atoms with Crippen molar-refractivity contribution >= 4 is 28.7 Å². The number of oxazole rings is 1. The largest absolute Gasteiger partial charge is 0.481 e. The van der Waals surface area contributed by atoms with E-state index < -0.39 is 18.0 Å². The van der Waals surface area contributed by atoms with E-state index in [0.29, 0.717) is 28.2 Å². The summed E-state index contributed by atoms with van der Waals surface area (Å²) in [5, 5.41) is 11.7. The average molecular weight is 368 g/mol. The molecule has 1 amide bonds. The number of carboxylic acid groups (broad SMARTS) is 1. The Morgan fingerprint density at radius 2 is 1.93 bits per heavy atom. The van der Waals surface area contributed by atoms with Crippen LogP contribution in [0.15, 0.2) is 46.9 Å². The van der Waals surface area contributed by atoms with E-state index in [1.54, 1.807) is 45.0 Å². The molecule has 0 saturated heterocycles. The zero-order valence-electron chi connectivity index (χ0n) is 15.3. The van der Waals surface area contributed by atoms with Crippen molar-refractivity contribution in [1.82, 2.24) is 4.98 Å². The highest BCUT2D eigenvalue weighted by molar-refractivity contribution is 5.95. The minimum Gasteiger partial charge on any atom is -0.481 e. The van der Waals surface area contributed by atoms with Crippen LogP contribution < -0.4 is 10.1 Å². The fraction of sp³-hybridized carbons (Fsp3) is 0.250. The number of carbonyl (C=O) groups excluding carboxylic acids is 1. The number of hydrogen-bond acceptors (Lipinski definition) is 5. The van der Waals surface area contributed by atoms with E-state index >= 15 is 0 Å². The number of ether oxygens (including phenoxy) is 1. The Kier molecular flexibility index (Phi) is 4.85. The quantitative estimate of drug-likeness (QED) is 0.707. The molecule has 0 unspecified atom stereocenters. The number of carboxylic acids is 1. The van der Waals surface area contributed by atoms with Crippen LogP contribution >= 0.6 is 0 Å². The first-order valence-electron chi connectivity index (χ1n) is 8.40. The number of nitrogens with zero attached hydrogens (tertiary/aromatic N) is 1. The molecule has 2 aromatic carbocycles. The Morgan fingerprint density at radius 1 is 1.19 bits per heavy atom. The van der Waals surface area contributed by atoms with Gasteiger partial charge in [0, 0.05) is 17.2 Å². The van der Waals surface area contributed by atoms with Crippen molar-refractivity contribution < 1.29 is 23.8 Å². The van der Waals surface area contributed by atoms with Crippen molar-refractivity contribution in [3.63, 3.8) is 0 Å². The molecule has 0 aliphatic carbocycles. The molecule has 0 radical (unpaired) electrons. The first kappa shape index (κ1) is 18.4. The van der Waals surface area contributed by atoms with Gasteiger partial charge in [0.15, 0.2) is 12.2 Å². The molecule has 7 heteroatoms. The van der Waals surface area contributed by atoms with Crippen LogP contribution in [0.4, 0.5) is 5.69 Å². The summed E-state index contributed by atoms with van der Waals surface area (Å²) in [5.74, 6) is -0.704. The van der Waals surface area contributed by atoms with Crippen molar-refractivity contribution in [1.29, 1.82) is 0 Å². The van der Waals surface area contributed by atoms with Gasteiger partial charge in [0.2, 0.25) is 11.8 Å². The lowest BCUT2D eigenvalue weighted by molar-refractivity contribution is -0.139. The smallest absolute Gasteiger partial charge is 0.341 e. The van der Waals surface area contributed by atoms with Gasteiger partial charge in [0.05, 0.1) is 5.56 Å². The standard InChI is InChI=1S/C20H20N2O5/c1-20(2,3)19(25)21-12-8-9-13(16(10-12)26-11-17(23)24)18-22-14-6-4-5-7-15(14)27-18/h4-10H,11H2,1-3H3,(H,21,25)(H,23,24). The molecule has 0 aliphatic rings. The van der Waals surface area contributed by atoms with Gasteiger partial charge < -0.3 is 19.6 Å². The SMILES string of the molecule is CC(C)(C)C(=O)Nc1ccc(-c2nc3ccccc3o2)c(OCC(=O)O)c1. The summed E-state index contributed by atoms with van der Waals surface area (Å²) in [7, 11) is 0. The topological polar surface area (TPSA) is 102 Å². The lowest BCUT2D eigenvalue weighted by Crippen LogP contribution is -2.27. The Labute approximate surface area is 156 Å². The summed E-state index contributed by atoms with van der Waals surface area (Å²) in [6, 6.07) is 12.2. The maximum Gasteiger partial charge on any atom is 0.341 e. The number of anilines is 1. The van der Waals surface area contributed by atoms with Crippen LogP contribution in [0.3, 0.4) is 0 Å². The van der Waals surface area contributed by atoms with Gasteiger partial charge in [-0.3, -0.25) is 4.79 Å². The zero-order chi connectivity index (χ0) is 19.6. The minimum absolute atomic E-state index is 0.165. The number of para-hydroxylation sites is 2. The Morgan fingerprint density at radius 3 is 2.59 bits per heavy atom. The molecule has 140 valence electrons. The third-order valence-electron chi connectivity index (χ3n) is 3.80. The fourth-order valence-electron chi connectivity index (χ4n) is 2.34. The van der Waals surface area contributed by atoms with E-state index in [1.165, 1.54) is 0 Å². The summed E-state index contributed by atoms with van der Waals surface area (Å²) < 4.78 is 11.2. The summed E-state index contributed by atoms with van der Waals surface area (Å²) in [6.45, 7) is 4.88. The molecular weight excluding hydrogens is 348 g/mol. The summed E-state index contributed by atoms with van der Waals surface area (Å²) in [5.41, 5.74) is 1.72. The van der Waals surface area contributed by atoms with Gasteiger partial charge in [-0.1, -0.05) is 32.9 Å². The van der Waals surface area contributed by atoms with Crippen molar-refractivity contribution in [3.05, 3.63) is 42.5 Å². The molecule has 27 heavy (non-hydrogen) atoms. The van der Waals surface area contributed by atoms with Gasteiger partial charge >= 0.3 is 5.97 Å². The van der Waals surface area contributed by atoms with Gasteiger partial charge in [-0.2, -0.15) is 0 Å². The van der Waals surface area contributed by atoms with Gasteiger partial charge in [-0.05, 0) is 24.3 Å². The first-order chi connectivity index (χ1) is 12.7. The molecule has 3 rings (SSSR count). The molecule has 0 aliphatic heterocycles. The highest BCUT2D eigenvalue weighted by atomic mass is 16.5. The second-order valence-corrected chi connectivity index (χ2v) is 7.08. The van der Waals surface area contributed by atoms with Crippen molar-refractivity contribution in [2.75, 3.05) is 11.9 Å². The van der Waals surface area contributed by atoms with E-state index in [2.05, 4.69) is 10.3 Å². The number of aromatic nitrogens is 1. The third-order valence-corrected chi connectivity index (χ3v) is 3.80. The number of nitrogens with one attached hydrogen (secondary N) is 1. The number of carbonyl (C=O) groups is 2. The fourth-order valence-corrected chi connectivity index (χ4v) is 2.34. The molecule has 0 spiro atoms. The van der Waals surface area contributed by atoms with E-state index in [4.69, 9.17) is 14.3 Å². The number of amides is 1. The molecule has 0 bridgehead atoms. The van der Waals surface area contributed by atoms with E-state index in [1.807, 2.05) is 18.2 Å². The third kappa shape index (κ3) is 4.25. The monoisotopic (exact) mass is 368 g/mol. The molecule has 0 atom stereocenters. The van der Waals surface area contributed by atoms with Crippen LogP contribution in [0.5, 0.6) is 5.75 Å². The molecule has 1 heterocycles. The molecule has 3 aromatic rings. The van der Waals surface area contributed by atoms with Gasteiger partial charge in [-0.25, -0.2) is 9.78 Å². The van der Waals surface area contributed by atoms with Gasteiger partial charge in [0.25, 0.3) is 0 Å². The minimum atomic E-state index is -1.11. The van der Waals surface area contributed by atoms with Crippen molar-refractivity contribution in [2.24, 2.45) is 5.41 Å². The second-order valence-electron chi connectivity index (χ2n) is 7.08. The first-order valence-corrected chi connectivity index (χ1v) is 8.40. The summed E-state index contributed by atoms with van der Waals surface area (Å²) in [4.78, 5) is 27.5. The van der Waals surface area contributed by atoms with Gasteiger partial charge in [0.1, 0.15) is 11.3 Å². The maximum absolute atomic E-state index is 12.2. The number of benzene rings is 2. The van der Waals surface area contributed by atoms with Crippen LogP contribution in [-0.4, -0.2) is 28.6 Å². The van der Waals surface area contributed by atoms with Gasteiger partial charge in [-0.15, -0.1) is 0 Å². The van der Waals surface area contributed by atoms with E-state index in [9.17, 15) is 9.59 Å². The lowest BCUT2D eigenvalue weighted by atomic mass is 9.95. The molecule has 0 fully saturated rings. The number of hydrogen-bond donors (Lipinski definition) is 2. The second kappa shape index (κ2) is 7.11. The predicted molar refractivity (Wildman–Crippen MR) is 101 cm³/mol. The molecule has 1 aromatic heterocycles. The summed E-state index contributed by atoms with van der Waals surface area (Å²) >= 11 is 0. The highest BCUT2D eigenvalue weighted by Gasteiger charge is 2.22. The normalized spacial score (nSPS) is 11.4. The van der Waals surface area contributed by atoms with Crippen molar-refractivity contribution in [2.45, 2.75) is 20.8 Å². The number of aliphatic carboxylic acids is 1. The average Bonchev–Trinajstić information content (AvgIpc) is 3.03. The summed E-state index contributed by atoms with van der Waals surface area (Å²) in [6.07, 6.45) is 0. The van der Waals surface area contributed by atoms with Crippen LogP contribution in [0.2, 0.25) is 0 Å². The van der Waals surface area contributed by atoms with Crippen molar-refractivity contribution in [3.8, 4) is 17.2 Å². The van der Waals surface area contributed by atoms with E-state index in [0.717, 1.165) is 0 Å². The number of rotatable bonds is 5. The molecule has 0 saturated carbocycles. The Balaban J connectivity index is 1.99. The van der Waals surface area contributed by atoms with Crippen LogP contribution in [-0.2, 0) is 9.59 Å². The zero-order valence-corrected chi connectivity index (χ0v) is 15.3. The molecule has 7 nitrogen and oxygen atoms in total. The van der Waals surface area contributed by atoms with Crippen LogP contribution in [0.1, 0.15) is 20.8 Å². The van der Waals surface area contributed by atoms with Crippen LogP contribution in [0.25, 0.3) is 22.6 Å². The molecular formula is C20H20N2O5. The number of fused-ring (bicyclic) bond motifs is 1. The Bertz CT molecular complexity index is 968. The lowest BCUT2D eigenvalue weighted by Gasteiger charge is -2.18. The Hall–Kier alpha value is -3.35. The van der Waals surface area contributed by atoms with Crippen LogP contribution in [0, 0.1) is 5.41 Å². The van der Waals surface area contributed by atoms with E-state index in [-0.39, 0.29) is 11.7 Å². The predicted octanol–water partition coefficient (Wildman–Crippen LogP) is 3.94. The highest BCUT2D eigenvalue weighted by Crippen LogP contribution is 2.34. The molecule has 2 N–H and O–H groups in total.